The molecule has 0 aliphatic carbocycles. The lowest BCUT2D eigenvalue weighted by Gasteiger charge is -2.27. The number of aromatic nitrogens is 2. The minimum absolute atomic E-state index is 0.222. The van der Waals surface area contributed by atoms with E-state index in [1.165, 1.54) is 11.1 Å². The second-order valence-electron chi connectivity index (χ2n) is 7.62. The van der Waals surface area contributed by atoms with Crippen molar-refractivity contribution in [3.63, 3.8) is 0 Å². The van der Waals surface area contributed by atoms with Gasteiger partial charge in [-0.25, -0.2) is 4.79 Å². The van der Waals surface area contributed by atoms with Crippen LogP contribution >= 0.6 is 0 Å². The molecule has 2 saturated heterocycles. The van der Waals surface area contributed by atoms with Crippen LogP contribution in [-0.4, -0.2) is 57.5 Å². The molecule has 4 rings (SSSR count). The van der Waals surface area contributed by atoms with E-state index in [2.05, 4.69) is 45.8 Å². The monoisotopic (exact) mass is 424 g/mol. The normalized spacial score (nSPS) is 23.9. The zero-order valence-corrected chi connectivity index (χ0v) is 16.4. The molecule has 1 aromatic carbocycles. The second kappa shape index (κ2) is 8.47. The van der Waals surface area contributed by atoms with Crippen molar-refractivity contribution in [3.8, 4) is 0 Å². The summed E-state index contributed by atoms with van der Waals surface area (Å²) in [6.07, 6.45) is -0.191. The molecule has 0 bridgehead atoms. The van der Waals surface area contributed by atoms with Crippen LogP contribution in [0.3, 0.4) is 0 Å². The number of benzene rings is 1. The summed E-state index contributed by atoms with van der Waals surface area (Å²) in [5, 5.41) is 14.4. The first-order chi connectivity index (χ1) is 14.1. The first kappa shape index (κ1) is 21.8. The Labute approximate surface area is 171 Å². The summed E-state index contributed by atoms with van der Waals surface area (Å²) in [6.45, 7) is 3.40. The van der Waals surface area contributed by atoms with Gasteiger partial charge in [-0.05, 0) is 12.0 Å². The number of halogens is 3. The number of likely N-dealkylation sites (tertiary alicyclic amines) is 1. The average molecular weight is 424 g/mol. The molecule has 2 aromatic rings. The predicted octanol–water partition coefficient (Wildman–Crippen LogP) is 2.16. The SMILES string of the molecule is Cn1cc(CN2C[C@@H](c3ccccc3)[C@@]3(CCNC3=O)C2)cn1.O=C(O)C(F)(F)F. The van der Waals surface area contributed by atoms with Gasteiger partial charge in [0.15, 0.2) is 0 Å². The number of amides is 1. The van der Waals surface area contributed by atoms with Crippen molar-refractivity contribution in [3.05, 3.63) is 53.9 Å². The lowest BCUT2D eigenvalue weighted by Crippen LogP contribution is -2.37. The zero-order chi connectivity index (χ0) is 21.9. The number of rotatable bonds is 3. The molecule has 2 aliphatic heterocycles. The van der Waals surface area contributed by atoms with Crippen LogP contribution < -0.4 is 5.32 Å². The topological polar surface area (TPSA) is 87.5 Å². The maximum absolute atomic E-state index is 12.6. The Hall–Kier alpha value is -2.88. The fourth-order valence-corrected chi connectivity index (χ4v) is 4.22. The van der Waals surface area contributed by atoms with Gasteiger partial charge in [0.25, 0.3) is 0 Å². The van der Waals surface area contributed by atoms with Gasteiger partial charge in [-0.1, -0.05) is 30.3 Å². The van der Waals surface area contributed by atoms with Gasteiger partial charge in [0.2, 0.25) is 5.91 Å². The first-order valence-electron chi connectivity index (χ1n) is 9.45. The van der Waals surface area contributed by atoms with E-state index in [-0.39, 0.29) is 17.2 Å². The molecule has 3 heterocycles. The molecule has 0 radical (unpaired) electrons. The minimum Gasteiger partial charge on any atom is -0.475 e. The van der Waals surface area contributed by atoms with E-state index in [9.17, 15) is 18.0 Å². The lowest BCUT2D eigenvalue weighted by atomic mass is 9.73. The molecule has 0 saturated carbocycles. The lowest BCUT2D eigenvalue weighted by molar-refractivity contribution is -0.192. The quantitative estimate of drug-likeness (QED) is 0.789. The van der Waals surface area contributed by atoms with E-state index >= 15 is 0 Å². The Bertz CT molecular complexity index is 900. The van der Waals surface area contributed by atoms with Gasteiger partial charge in [-0.2, -0.15) is 18.3 Å². The van der Waals surface area contributed by atoms with Gasteiger partial charge in [0.1, 0.15) is 0 Å². The van der Waals surface area contributed by atoms with Crippen LogP contribution in [0.15, 0.2) is 42.7 Å². The third kappa shape index (κ3) is 4.64. The highest BCUT2D eigenvalue weighted by atomic mass is 19.4. The standard InChI is InChI=1S/C18H22N4O.C2HF3O2/c1-21-10-14(9-20-21)11-22-12-16(15-5-3-2-4-6-15)18(13-22)7-8-19-17(18)23;3-2(4,5)1(6)7/h2-6,9-10,16H,7-8,11-13H2,1H3,(H,19,23);(H,6,7)/t16-,18+;/m0./s1. The number of aliphatic carboxylic acids is 1. The number of hydrogen-bond acceptors (Lipinski definition) is 4. The van der Waals surface area contributed by atoms with Gasteiger partial charge in [0.05, 0.1) is 11.6 Å². The van der Waals surface area contributed by atoms with Crippen LogP contribution in [0.2, 0.25) is 0 Å². The summed E-state index contributed by atoms with van der Waals surface area (Å²) in [4.78, 5) is 23.9. The molecular formula is C20H23F3N4O3. The van der Waals surface area contributed by atoms with Crippen LogP contribution in [-0.2, 0) is 23.2 Å². The average Bonchev–Trinajstić information content (AvgIpc) is 3.37. The highest BCUT2D eigenvalue weighted by molar-refractivity contribution is 5.86. The number of nitrogens with one attached hydrogen (secondary N) is 1. The fourth-order valence-electron chi connectivity index (χ4n) is 4.22. The first-order valence-corrected chi connectivity index (χ1v) is 9.45. The molecule has 2 aliphatic rings. The van der Waals surface area contributed by atoms with E-state index in [1.54, 1.807) is 0 Å². The third-order valence-corrected chi connectivity index (χ3v) is 5.53. The van der Waals surface area contributed by atoms with Crippen molar-refractivity contribution in [1.82, 2.24) is 20.0 Å². The largest absolute Gasteiger partial charge is 0.490 e. The summed E-state index contributed by atoms with van der Waals surface area (Å²) < 4.78 is 33.6. The van der Waals surface area contributed by atoms with E-state index < -0.39 is 12.1 Å². The summed E-state index contributed by atoms with van der Waals surface area (Å²) >= 11 is 0. The Morgan fingerprint density at radius 1 is 1.33 bits per heavy atom. The minimum atomic E-state index is -5.08. The van der Waals surface area contributed by atoms with Crippen LogP contribution in [0.1, 0.15) is 23.5 Å². The van der Waals surface area contributed by atoms with Gasteiger partial charge >= 0.3 is 12.1 Å². The van der Waals surface area contributed by atoms with Crippen molar-refractivity contribution in [2.24, 2.45) is 12.5 Å². The summed E-state index contributed by atoms with van der Waals surface area (Å²) in [6, 6.07) is 10.5. The van der Waals surface area contributed by atoms with Gasteiger partial charge in [-0.15, -0.1) is 0 Å². The van der Waals surface area contributed by atoms with Crippen molar-refractivity contribution >= 4 is 11.9 Å². The summed E-state index contributed by atoms with van der Waals surface area (Å²) in [5.41, 5.74) is 2.21. The molecule has 2 atom stereocenters. The number of alkyl halides is 3. The van der Waals surface area contributed by atoms with Crippen LogP contribution in [0.5, 0.6) is 0 Å². The molecule has 1 aromatic heterocycles. The molecule has 0 unspecified atom stereocenters. The number of hydrogen-bond donors (Lipinski definition) is 2. The number of carboxylic acid groups (broad SMARTS) is 1. The van der Waals surface area contributed by atoms with Crippen molar-refractivity contribution in [2.75, 3.05) is 19.6 Å². The van der Waals surface area contributed by atoms with E-state index in [0.717, 1.165) is 32.6 Å². The molecule has 7 nitrogen and oxygen atoms in total. The predicted molar refractivity (Wildman–Crippen MR) is 101 cm³/mol. The smallest absolute Gasteiger partial charge is 0.475 e. The molecule has 2 fully saturated rings. The number of carboxylic acids is 1. The van der Waals surface area contributed by atoms with E-state index in [0.29, 0.717) is 0 Å². The number of carbonyl (C=O) groups is 2. The Balaban J connectivity index is 0.000000318. The van der Waals surface area contributed by atoms with Crippen molar-refractivity contribution < 1.29 is 27.9 Å². The maximum atomic E-state index is 12.6. The molecule has 10 heteroatoms. The maximum Gasteiger partial charge on any atom is 0.490 e. The molecule has 1 spiro atoms. The molecular weight excluding hydrogens is 401 g/mol. The molecule has 1 amide bonds. The number of aryl methyl sites for hydroxylation is 1. The summed E-state index contributed by atoms with van der Waals surface area (Å²) in [5.74, 6) is -2.27. The summed E-state index contributed by atoms with van der Waals surface area (Å²) in [7, 11) is 1.94. The van der Waals surface area contributed by atoms with E-state index in [1.807, 2.05) is 24.0 Å². The number of carbonyl (C=O) groups excluding carboxylic acids is 1. The highest BCUT2D eigenvalue weighted by Crippen LogP contribution is 2.47. The zero-order valence-electron chi connectivity index (χ0n) is 16.4. The van der Waals surface area contributed by atoms with Gasteiger partial charge in [0, 0.05) is 50.9 Å². The van der Waals surface area contributed by atoms with Crippen molar-refractivity contribution in [2.45, 2.75) is 25.1 Å². The fraction of sp³-hybridized carbons (Fsp3) is 0.450. The Morgan fingerprint density at radius 2 is 2.00 bits per heavy atom. The molecule has 30 heavy (non-hydrogen) atoms. The van der Waals surface area contributed by atoms with Crippen LogP contribution in [0.25, 0.3) is 0 Å². The van der Waals surface area contributed by atoms with E-state index in [4.69, 9.17) is 9.90 Å². The molecule has 2 N–H and O–H groups in total. The highest BCUT2D eigenvalue weighted by Gasteiger charge is 2.54. The van der Waals surface area contributed by atoms with Gasteiger partial charge < -0.3 is 10.4 Å². The molecule has 162 valence electrons. The van der Waals surface area contributed by atoms with Crippen molar-refractivity contribution in [1.29, 1.82) is 0 Å². The van der Waals surface area contributed by atoms with Gasteiger partial charge in [-0.3, -0.25) is 14.4 Å². The van der Waals surface area contributed by atoms with Crippen LogP contribution in [0.4, 0.5) is 13.2 Å². The Kier molecular flexibility index (Phi) is 6.16. The second-order valence-corrected chi connectivity index (χ2v) is 7.62. The Morgan fingerprint density at radius 3 is 2.50 bits per heavy atom. The van der Waals surface area contributed by atoms with Crippen LogP contribution in [0, 0.1) is 5.41 Å². The number of nitrogens with zero attached hydrogens (tertiary/aromatic N) is 3. The third-order valence-electron chi connectivity index (χ3n) is 5.53.